The molecule has 134 valence electrons. The van der Waals surface area contributed by atoms with Gasteiger partial charge >= 0.3 is 0 Å². The Bertz CT molecular complexity index is 1100. The Morgan fingerprint density at radius 1 is 1.27 bits per heavy atom. The van der Waals surface area contributed by atoms with Crippen LogP contribution in [0.5, 0.6) is 11.5 Å². The van der Waals surface area contributed by atoms with Gasteiger partial charge in [0.25, 0.3) is 5.91 Å². The van der Waals surface area contributed by atoms with E-state index >= 15 is 0 Å². The number of hydrogen-bond donors (Lipinski definition) is 1. The molecule has 3 heterocycles. The van der Waals surface area contributed by atoms with Gasteiger partial charge in [0.15, 0.2) is 4.96 Å². The molecule has 1 N–H and O–H groups in total. The van der Waals surface area contributed by atoms with Crippen LogP contribution in [0.3, 0.4) is 0 Å². The van der Waals surface area contributed by atoms with Crippen molar-refractivity contribution in [2.24, 2.45) is 0 Å². The average Bonchev–Trinajstić information content (AvgIpc) is 3.33. The van der Waals surface area contributed by atoms with Crippen molar-refractivity contribution in [3.63, 3.8) is 0 Å². The summed E-state index contributed by atoms with van der Waals surface area (Å²) in [7, 11) is 3.22. The molecule has 1 amide bonds. The quantitative estimate of drug-likeness (QED) is 0.559. The number of nitrogens with one attached hydrogen (secondary N) is 1. The standard InChI is InChI=1S/C18H17N3O3S2/c1-10(12-8-11(23-2)4-5-14(12)24-3)19-16(22)15-9-13-17(26-15)20-18-21(13)6-7-25-18/h4-10H,1-3H3,(H,19,22)/t10-/m1/s1. The van der Waals surface area contributed by atoms with Crippen LogP contribution in [-0.4, -0.2) is 29.5 Å². The fourth-order valence-corrected chi connectivity index (χ4v) is 4.59. The van der Waals surface area contributed by atoms with E-state index in [2.05, 4.69) is 10.3 Å². The number of methoxy groups -OCH3 is 2. The van der Waals surface area contributed by atoms with E-state index in [-0.39, 0.29) is 11.9 Å². The molecule has 3 aromatic heterocycles. The summed E-state index contributed by atoms with van der Waals surface area (Å²) in [5.74, 6) is 1.30. The Hall–Kier alpha value is -2.58. The lowest BCUT2D eigenvalue weighted by Gasteiger charge is -2.17. The van der Waals surface area contributed by atoms with Crippen LogP contribution in [0.1, 0.15) is 28.2 Å². The second kappa shape index (κ2) is 6.62. The number of carbonyl (C=O) groups is 1. The minimum absolute atomic E-state index is 0.130. The zero-order valence-electron chi connectivity index (χ0n) is 14.5. The first-order chi connectivity index (χ1) is 12.6. The smallest absolute Gasteiger partial charge is 0.261 e. The molecule has 0 saturated carbocycles. The number of benzene rings is 1. The molecule has 0 fully saturated rings. The van der Waals surface area contributed by atoms with Crippen LogP contribution in [0.15, 0.2) is 35.8 Å². The van der Waals surface area contributed by atoms with Crippen LogP contribution in [0, 0.1) is 0 Å². The third kappa shape index (κ3) is 2.81. The maximum absolute atomic E-state index is 12.7. The summed E-state index contributed by atoms with van der Waals surface area (Å²) in [6.07, 6.45) is 1.97. The maximum atomic E-state index is 12.7. The van der Waals surface area contributed by atoms with Gasteiger partial charge in [-0.25, -0.2) is 4.98 Å². The molecular formula is C18H17N3O3S2. The second-order valence-corrected chi connectivity index (χ2v) is 7.68. The fraction of sp³-hybridized carbons (Fsp3) is 0.222. The van der Waals surface area contributed by atoms with Crippen molar-refractivity contribution in [3.8, 4) is 11.5 Å². The molecule has 0 spiro atoms. The van der Waals surface area contributed by atoms with Crippen molar-refractivity contribution in [2.75, 3.05) is 14.2 Å². The van der Waals surface area contributed by atoms with Crippen LogP contribution in [0.25, 0.3) is 15.3 Å². The summed E-state index contributed by atoms with van der Waals surface area (Å²) in [5.41, 5.74) is 1.83. The number of fused-ring (bicyclic) bond motifs is 3. The van der Waals surface area contributed by atoms with Crippen LogP contribution in [0.4, 0.5) is 0 Å². The number of thiophene rings is 1. The predicted molar refractivity (Wildman–Crippen MR) is 104 cm³/mol. The number of nitrogens with zero attached hydrogens (tertiary/aromatic N) is 2. The third-order valence-corrected chi connectivity index (χ3v) is 5.99. The molecule has 0 bridgehead atoms. The molecule has 0 aliphatic carbocycles. The van der Waals surface area contributed by atoms with Gasteiger partial charge in [0.05, 0.1) is 30.7 Å². The molecule has 1 aromatic carbocycles. The normalized spacial score (nSPS) is 12.4. The Balaban J connectivity index is 1.60. The highest BCUT2D eigenvalue weighted by molar-refractivity contribution is 7.21. The van der Waals surface area contributed by atoms with Gasteiger partial charge in [-0.05, 0) is 31.2 Å². The molecule has 4 aromatic rings. The minimum atomic E-state index is -0.231. The van der Waals surface area contributed by atoms with Gasteiger partial charge in [0, 0.05) is 17.1 Å². The highest BCUT2D eigenvalue weighted by Gasteiger charge is 2.19. The van der Waals surface area contributed by atoms with Crippen molar-refractivity contribution < 1.29 is 14.3 Å². The summed E-state index contributed by atoms with van der Waals surface area (Å²) in [6, 6.07) is 7.20. The fourth-order valence-electron chi connectivity index (χ4n) is 2.88. The van der Waals surface area contributed by atoms with Crippen molar-refractivity contribution in [2.45, 2.75) is 13.0 Å². The Labute approximate surface area is 158 Å². The molecular weight excluding hydrogens is 370 g/mol. The van der Waals surface area contributed by atoms with Crippen LogP contribution < -0.4 is 14.8 Å². The van der Waals surface area contributed by atoms with Gasteiger partial charge < -0.3 is 14.8 Å². The summed E-state index contributed by atoms with van der Waals surface area (Å²) in [5, 5.41) is 5.02. The number of rotatable bonds is 5. The second-order valence-electron chi connectivity index (χ2n) is 5.77. The molecule has 0 saturated heterocycles. The van der Waals surface area contributed by atoms with Gasteiger partial charge in [-0.2, -0.15) is 0 Å². The highest BCUT2D eigenvalue weighted by atomic mass is 32.1. The zero-order chi connectivity index (χ0) is 18.3. The number of aromatic nitrogens is 2. The first-order valence-corrected chi connectivity index (χ1v) is 9.68. The predicted octanol–water partition coefficient (Wildman–Crippen LogP) is 4.12. The van der Waals surface area contributed by atoms with E-state index in [9.17, 15) is 4.79 Å². The van der Waals surface area contributed by atoms with E-state index in [1.807, 2.05) is 47.2 Å². The van der Waals surface area contributed by atoms with Crippen LogP contribution in [-0.2, 0) is 0 Å². The first-order valence-electron chi connectivity index (χ1n) is 7.98. The first kappa shape index (κ1) is 16.9. The maximum Gasteiger partial charge on any atom is 0.261 e. The molecule has 0 aliphatic rings. The van der Waals surface area contributed by atoms with Gasteiger partial charge in [0.1, 0.15) is 16.3 Å². The summed E-state index contributed by atoms with van der Waals surface area (Å²) in [6.45, 7) is 1.92. The molecule has 0 unspecified atom stereocenters. The minimum Gasteiger partial charge on any atom is -0.497 e. The van der Waals surface area contributed by atoms with E-state index in [4.69, 9.17) is 9.47 Å². The van der Waals surface area contributed by atoms with Crippen LogP contribution in [0.2, 0.25) is 0 Å². The lowest BCUT2D eigenvalue weighted by atomic mass is 10.1. The van der Waals surface area contributed by atoms with Gasteiger partial charge in [-0.1, -0.05) is 0 Å². The van der Waals surface area contributed by atoms with E-state index < -0.39 is 0 Å². The largest absolute Gasteiger partial charge is 0.497 e. The van der Waals surface area contributed by atoms with Crippen molar-refractivity contribution in [3.05, 3.63) is 46.3 Å². The summed E-state index contributed by atoms with van der Waals surface area (Å²) >= 11 is 2.98. The topological polar surface area (TPSA) is 64.9 Å². The molecule has 26 heavy (non-hydrogen) atoms. The molecule has 0 radical (unpaired) electrons. The van der Waals surface area contributed by atoms with Crippen LogP contribution >= 0.6 is 22.7 Å². The molecule has 0 aliphatic heterocycles. The number of amides is 1. The Morgan fingerprint density at radius 3 is 2.88 bits per heavy atom. The van der Waals surface area contributed by atoms with E-state index in [0.29, 0.717) is 10.6 Å². The number of ether oxygens (including phenoxy) is 2. The van der Waals surface area contributed by atoms with Crippen molar-refractivity contribution >= 4 is 43.9 Å². The van der Waals surface area contributed by atoms with Gasteiger partial charge in [0.2, 0.25) is 0 Å². The third-order valence-electron chi connectivity index (χ3n) is 4.21. The Kier molecular flexibility index (Phi) is 4.29. The lowest BCUT2D eigenvalue weighted by molar-refractivity contribution is 0.0943. The van der Waals surface area contributed by atoms with Crippen molar-refractivity contribution in [1.29, 1.82) is 0 Å². The number of hydrogen-bond acceptors (Lipinski definition) is 6. The molecule has 1 atom stereocenters. The summed E-state index contributed by atoms with van der Waals surface area (Å²) < 4.78 is 12.7. The van der Waals surface area contributed by atoms with E-state index in [1.54, 1.807) is 25.6 Å². The number of carbonyl (C=O) groups excluding carboxylic acids is 1. The van der Waals surface area contributed by atoms with E-state index in [1.165, 1.54) is 11.3 Å². The number of imidazole rings is 1. The Morgan fingerprint density at radius 2 is 2.12 bits per heavy atom. The monoisotopic (exact) mass is 387 g/mol. The molecule has 8 heteroatoms. The molecule has 4 rings (SSSR count). The number of thiazole rings is 1. The van der Waals surface area contributed by atoms with Crippen molar-refractivity contribution in [1.82, 2.24) is 14.7 Å². The highest BCUT2D eigenvalue weighted by Crippen LogP contribution is 2.31. The van der Waals surface area contributed by atoms with E-state index in [0.717, 1.165) is 26.6 Å². The molecule has 6 nitrogen and oxygen atoms in total. The van der Waals surface area contributed by atoms with Gasteiger partial charge in [-0.3, -0.25) is 9.20 Å². The SMILES string of the molecule is COc1ccc(OC)c([C@@H](C)NC(=O)c2cc3c(nc4sccn43)s2)c1. The zero-order valence-corrected chi connectivity index (χ0v) is 16.1. The lowest BCUT2D eigenvalue weighted by Crippen LogP contribution is -2.26. The summed E-state index contributed by atoms with van der Waals surface area (Å²) in [4.78, 5) is 19.7. The van der Waals surface area contributed by atoms with Gasteiger partial charge in [-0.15, -0.1) is 22.7 Å². The average molecular weight is 387 g/mol.